The Morgan fingerprint density at radius 2 is 1.83 bits per heavy atom. The third-order valence-corrected chi connectivity index (χ3v) is 10.2. The minimum Gasteiger partial charge on any atom is -0.465 e. The molecule has 3 atom stereocenters. The Bertz CT molecular complexity index is 1610. The lowest BCUT2D eigenvalue weighted by atomic mass is 10.00. The molecule has 2 bridgehead atoms. The first-order valence-corrected chi connectivity index (χ1v) is 16.0. The van der Waals surface area contributed by atoms with Crippen LogP contribution < -0.4 is 4.90 Å². The molecule has 7 rings (SSSR count). The second-order valence-electron chi connectivity index (χ2n) is 11.5. The van der Waals surface area contributed by atoms with Gasteiger partial charge in [0.05, 0.1) is 41.1 Å². The minimum absolute atomic E-state index is 0.141. The van der Waals surface area contributed by atoms with Crippen molar-refractivity contribution in [3.63, 3.8) is 0 Å². The first-order valence-electron chi connectivity index (χ1n) is 14.4. The van der Waals surface area contributed by atoms with Crippen molar-refractivity contribution in [2.24, 2.45) is 0 Å². The summed E-state index contributed by atoms with van der Waals surface area (Å²) in [4.78, 5) is 19.5. The van der Waals surface area contributed by atoms with E-state index in [-0.39, 0.29) is 12.1 Å². The van der Waals surface area contributed by atoms with Crippen molar-refractivity contribution in [2.75, 3.05) is 12.0 Å². The smallest absolute Gasteiger partial charge is 0.337 e. The SMILES string of the molecule is COC(=O)c1ccc(-c2csc(N3[C@@H]4CC[C@H]3C[C@@H](OCc3c(-c5c(Cl)cccc5Cl)noc3C3CC3)C4)n2)c(C)c1. The summed E-state index contributed by atoms with van der Waals surface area (Å²) < 4.78 is 17.3. The van der Waals surface area contributed by atoms with E-state index in [0.29, 0.717) is 51.5 Å². The zero-order valence-corrected chi connectivity index (χ0v) is 25.8. The van der Waals surface area contributed by atoms with Gasteiger partial charge in [0, 0.05) is 40.1 Å². The highest BCUT2D eigenvalue weighted by molar-refractivity contribution is 7.14. The summed E-state index contributed by atoms with van der Waals surface area (Å²) in [5, 5.41) is 8.70. The van der Waals surface area contributed by atoms with Crippen LogP contribution >= 0.6 is 34.5 Å². The van der Waals surface area contributed by atoms with E-state index in [1.165, 1.54) is 7.11 Å². The second-order valence-corrected chi connectivity index (χ2v) is 13.1. The molecule has 2 aromatic carbocycles. The Morgan fingerprint density at radius 3 is 2.50 bits per heavy atom. The molecule has 0 unspecified atom stereocenters. The number of carbonyl (C=O) groups excluding carboxylic acids is 1. The lowest BCUT2D eigenvalue weighted by molar-refractivity contribution is 0.0147. The van der Waals surface area contributed by atoms with Crippen molar-refractivity contribution in [1.29, 1.82) is 0 Å². The van der Waals surface area contributed by atoms with Crippen LogP contribution in [-0.4, -0.2) is 41.4 Å². The predicted molar refractivity (Wildman–Crippen MR) is 165 cm³/mol. The summed E-state index contributed by atoms with van der Waals surface area (Å²) >= 11 is 14.8. The van der Waals surface area contributed by atoms with Crippen LogP contribution in [-0.2, 0) is 16.1 Å². The number of aromatic nitrogens is 2. The molecule has 218 valence electrons. The number of ether oxygens (including phenoxy) is 2. The Kier molecular flexibility index (Phi) is 7.51. The monoisotopic (exact) mass is 623 g/mol. The molecule has 4 aromatic rings. The highest BCUT2D eigenvalue weighted by Gasteiger charge is 2.43. The van der Waals surface area contributed by atoms with Crippen LogP contribution in [0.25, 0.3) is 22.5 Å². The molecule has 0 amide bonds. The van der Waals surface area contributed by atoms with Gasteiger partial charge in [0.15, 0.2) is 5.13 Å². The zero-order valence-electron chi connectivity index (χ0n) is 23.4. The largest absolute Gasteiger partial charge is 0.465 e. The fourth-order valence-electron chi connectivity index (χ4n) is 6.53. The van der Waals surface area contributed by atoms with Gasteiger partial charge in [0.25, 0.3) is 0 Å². The molecule has 2 saturated heterocycles. The summed E-state index contributed by atoms with van der Waals surface area (Å²) in [5.41, 5.74) is 5.89. The Balaban J connectivity index is 1.06. The summed E-state index contributed by atoms with van der Waals surface area (Å²) in [6.07, 6.45) is 6.51. The number of hydrogen-bond donors (Lipinski definition) is 0. The number of hydrogen-bond acceptors (Lipinski definition) is 8. The van der Waals surface area contributed by atoms with E-state index < -0.39 is 0 Å². The topological polar surface area (TPSA) is 77.7 Å². The summed E-state index contributed by atoms with van der Waals surface area (Å²) in [6.45, 7) is 2.43. The average Bonchev–Trinajstić information content (AvgIpc) is 3.46. The van der Waals surface area contributed by atoms with Crippen LogP contribution in [0.2, 0.25) is 10.0 Å². The molecule has 1 aliphatic carbocycles. The molecule has 0 radical (unpaired) electrons. The molecule has 2 aliphatic heterocycles. The van der Waals surface area contributed by atoms with Crippen molar-refractivity contribution in [3.8, 4) is 22.5 Å². The number of anilines is 1. The maximum atomic E-state index is 11.9. The molecule has 2 aromatic heterocycles. The van der Waals surface area contributed by atoms with Crippen molar-refractivity contribution in [2.45, 2.75) is 76.2 Å². The summed E-state index contributed by atoms with van der Waals surface area (Å²) in [6, 6.07) is 11.9. The Morgan fingerprint density at radius 1 is 1.10 bits per heavy atom. The normalized spacial score (nSPS) is 21.6. The van der Waals surface area contributed by atoms with Gasteiger partial charge in [-0.1, -0.05) is 40.5 Å². The molecule has 4 heterocycles. The molecule has 3 fully saturated rings. The van der Waals surface area contributed by atoms with Gasteiger partial charge in [0.1, 0.15) is 11.5 Å². The highest BCUT2D eigenvalue weighted by Crippen LogP contribution is 2.47. The fraction of sp³-hybridized carbons (Fsp3) is 0.406. The summed E-state index contributed by atoms with van der Waals surface area (Å²) in [7, 11) is 1.40. The molecular weight excluding hydrogens is 593 g/mol. The van der Waals surface area contributed by atoms with E-state index in [2.05, 4.69) is 15.4 Å². The number of thiazole rings is 1. The lowest BCUT2D eigenvalue weighted by Gasteiger charge is -2.38. The van der Waals surface area contributed by atoms with Crippen molar-refractivity contribution >= 4 is 45.6 Å². The molecule has 42 heavy (non-hydrogen) atoms. The molecule has 10 heteroatoms. The molecular formula is C32H31Cl2N3O4S. The Labute approximate surface area is 258 Å². The van der Waals surface area contributed by atoms with Crippen molar-refractivity contribution < 1.29 is 18.8 Å². The van der Waals surface area contributed by atoms with Crippen LogP contribution in [0.1, 0.15) is 71.7 Å². The number of aryl methyl sites for hydroxylation is 1. The number of nitrogens with zero attached hydrogens (tertiary/aromatic N) is 3. The van der Waals surface area contributed by atoms with Crippen molar-refractivity contribution in [1.82, 2.24) is 10.1 Å². The number of piperidine rings is 1. The van der Waals surface area contributed by atoms with Crippen LogP contribution in [0.4, 0.5) is 5.13 Å². The van der Waals surface area contributed by atoms with Crippen molar-refractivity contribution in [3.05, 3.63) is 74.3 Å². The molecule has 1 saturated carbocycles. The average molecular weight is 625 g/mol. The van der Waals surface area contributed by atoms with E-state index in [4.69, 9.17) is 42.2 Å². The van der Waals surface area contributed by atoms with Gasteiger partial charge < -0.3 is 18.9 Å². The third-order valence-electron chi connectivity index (χ3n) is 8.76. The van der Waals surface area contributed by atoms with E-state index >= 15 is 0 Å². The predicted octanol–water partition coefficient (Wildman–Crippen LogP) is 8.46. The summed E-state index contributed by atoms with van der Waals surface area (Å²) in [5.74, 6) is 0.970. The van der Waals surface area contributed by atoms with Crippen LogP contribution in [0.5, 0.6) is 0 Å². The standard InChI is InChI=1S/C32H31Cl2N3O4S/c1-17-12-19(31(38)39-2)8-11-23(17)27-16-42-32(35-27)37-20-9-10-21(37)14-22(13-20)40-15-24-29(36-41-30(24)18-6-7-18)28-25(33)4-3-5-26(28)34/h3-5,8,11-12,16,18,20-22H,6-7,9-10,13-15H2,1-2H3/t20-,21+,22+. The van der Waals surface area contributed by atoms with E-state index in [1.54, 1.807) is 17.4 Å². The molecule has 0 N–H and O–H groups in total. The molecule has 0 spiro atoms. The van der Waals surface area contributed by atoms with Gasteiger partial charge in [0.2, 0.25) is 0 Å². The lowest BCUT2D eigenvalue weighted by Crippen LogP contribution is -2.45. The fourth-order valence-corrected chi connectivity index (χ4v) is 8.07. The number of fused-ring (bicyclic) bond motifs is 2. The number of esters is 1. The maximum Gasteiger partial charge on any atom is 0.337 e. The van der Waals surface area contributed by atoms with Gasteiger partial charge in [-0.15, -0.1) is 11.3 Å². The van der Waals surface area contributed by atoms with Crippen LogP contribution in [0, 0.1) is 6.92 Å². The van der Waals surface area contributed by atoms with Gasteiger partial charge >= 0.3 is 5.97 Å². The third kappa shape index (κ3) is 5.12. The maximum absolute atomic E-state index is 11.9. The first-order chi connectivity index (χ1) is 20.4. The number of carbonyl (C=O) groups is 1. The number of rotatable bonds is 8. The zero-order chi connectivity index (χ0) is 29.0. The number of benzene rings is 2. The van der Waals surface area contributed by atoms with Crippen LogP contribution in [0.3, 0.4) is 0 Å². The van der Waals surface area contributed by atoms with Gasteiger partial charge in [-0.25, -0.2) is 9.78 Å². The molecule has 7 nitrogen and oxygen atoms in total. The van der Waals surface area contributed by atoms with Gasteiger partial charge in [-0.05, 0) is 75.3 Å². The quantitative estimate of drug-likeness (QED) is 0.182. The highest BCUT2D eigenvalue weighted by atomic mass is 35.5. The van der Waals surface area contributed by atoms with Crippen LogP contribution in [0.15, 0.2) is 46.3 Å². The van der Waals surface area contributed by atoms with Gasteiger partial charge in [-0.2, -0.15) is 0 Å². The minimum atomic E-state index is -0.332. The Hall–Kier alpha value is -2.91. The number of methoxy groups -OCH3 is 1. The van der Waals surface area contributed by atoms with E-state index in [0.717, 1.165) is 71.8 Å². The number of halogens is 2. The van der Waals surface area contributed by atoms with E-state index in [1.807, 2.05) is 37.3 Å². The first kappa shape index (κ1) is 27.9. The molecule has 3 aliphatic rings. The van der Waals surface area contributed by atoms with E-state index in [9.17, 15) is 4.79 Å². The van der Waals surface area contributed by atoms with Gasteiger partial charge in [-0.3, -0.25) is 0 Å². The second kappa shape index (κ2) is 11.3.